The molecule has 0 aliphatic heterocycles. The molecule has 5 heteroatoms. The minimum absolute atomic E-state index is 0.0904. The minimum Gasteiger partial charge on any atom is -0.369 e. The van der Waals surface area contributed by atoms with Gasteiger partial charge in [0.2, 0.25) is 11.8 Å². The third-order valence-corrected chi connectivity index (χ3v) is 2.80. The van der Waals surface area contributed by atoms with Gasteiger partial charge >= 0.3 is 0 Å². The largest absolute Gasteiger partial charge is 0.369 e. The molecule has 0 spiro atoms. The van der Waals surface area contributed by atoms with Crippen LogP contribution >= 0.6 is 0 Å². The summed E-state index contributed by atoms with van der Waals surface area (Å²) in [4.78, 5) is 26.0. The summed E-state index contributed by atoms with van der Waals surface area (Å²) in [5, 5.41) is 2.67. The van der Waals surface area contributed by atoms with Crippen molar-refractivity contribution in [2.75, 3.05) is 6.54 Å². The summed E-state index contributed by atoms with van der Waals surface area (Å²) in [5.41, 5.74) is 6.49. The summed E-state index contributed by atoms with van der Waals surface area (Å²) < 4.78 is 0. The Hall–Kier alpha value is -1.91. The second-order valence-electron chi connectivity index (χ2n) is 4.27. The van der Waals surface area contributed by atoms with Crippen LogP contribution in [0.1, 0.15) is 25.3 Å². The van der Waals surface area contributed by atoms with Gasteiger partial charge in [-0.3, -0.25) is 14.6 Å². The Kier molecular flexibility index (Phi) is 5.84. The van der Waals surface area contributed by atoms with Crippen molar-refractivity contribution in [3.63, 3.8) is 0 Å². The number of hydrogen-bond donors (Lipinski definition) is 2. The first-order valence-corrected chi connectivity index (χ1v) is 6.02. The number of carbonyl (C=O) groups is 2. The summed E-state index contributed by atoms with van der Waals surface area (Å²) in [7, 11) is 0. The van der Waals surface area contributed by atoms with E-state index in [1.165, 1.54) is 6.92 Å². The van der Waals surface area contributed by atoms with Crippen molar-refractivity contribution in [2.45, 2.75) is 26.2 Å². The number of pyridine rings is 1. The van der Waals surface area contributed by atoms with Crippen LogP contribution in [0.3, 0.4) is 0 Å². The standard InChI is InChI=1S/C13H19N3O2/c1-10(17)16-9-6-12(13(14)18)3-2-11-4-7-15-8-5-11/h4-5,7-8,12H,2-3,6,9H2,1H3,(H2,14,18)(H,16,17). The number of aromatic nitrogens is 1. The first kappa shape index (κ1) is 14.2. The van der Waals surface area contributed by atoms with Crippen molar-refractivity contribution in [1.29, 1.82) is 0 Å². The third kappa shape index (κ3) is 5.43. The maximum Gasteiger partial charge on any atom is 0.220 e. The second kappa shape index (κ2) is 7.42. The van der Waals surface area contributed by atoms with Crippen LogP contribution < -0.4 is 11.1 Å². The van der Waals surface area contributed by atoms with Crippen molar-refractivity contribution in [3.05, 3.63) is 30.1 Å². The van der Waals surface area contributed by atoms with Crippen molar-refractivity contribution in [2.24, 2.45) is 11.7 Å². The molecular weight excluding hydrogens is 230 g/mol. The topological polar surface area (TPSA) is 85.1 Å². The lowest BCUT2D eigenvalue weighted by Gasteiger charge is -2.13. The summed E-state index contributed by atoms with van der Waals surface area (Å²) in [5.74, 6) is -0.605. The zero-order chi connectivity index (χ0) is 13.4. The first-order chi connectivity index (χ1) is 8.59. The lowest BCUT2D eigenvalue weighted by Crippen LogP contribution is -2.29. The SMILES string of the molecule is CC(=O)NCCC(CCc1ccncc1)C(N)=O. The van der Waals surface area contributed by atoms with Crippen LogP contribution in [0.15, 0.2) is 24.5 Å². The summed E-state index contributed by atoms with van der Waals surface area (Å²) in [6.45, 7) is 1.94. The van der Waals surface area contributed by atoms with Crippen LogP contribution in [0, 0.1) is 5.92 Å². The molecule has 98 valence electrons. The molecule has 0 aromatic carbocycles. The van der Waals surface area contributed by atoms with E-state index in [2.05, 4.69) is 10.3 Å². The molecule has 1 unspecified atom stereocenters. The summed E-state index contributed by atoms with van der Waals surface area (Å²) in [6, 6.07) is 3.84. The van der Waals surface area contributed by atoms with Crippen molar-refractivity contribution in [1.82, 2.24) is 10.3 Å². The van der Waals surface area contributed by atoms with Crippen LogP contribution in [-0.2, 0) is 16.0 Å². The number of rotatable bonds is 7. The molecule has 1 atom stereocenters. The fourth-order valence-electron chi connectivity index (χ4n) is 1.74. The molecule has 0 saturated carbocycles. The quantitative estimate of drug-likeness (QED) is 0.743. The fourth-order valence-corrected chi connectivity index (χ4v) is 1.74. The second-order valence-corrected chi connectivity index (χ2v) is 4.27. The highest BCUT2D eigenvalue weighted by molar-refractivity contribution is 5.77. The van der Waals surface area contributed by atoms with Gasteiger partial charge in [0, 0.05) is 31.8 Å². The predicted octanol–water partition coefficient (Wildman–Crippen LogP) is 0.642. The molecule has 0 saturated heterocycles. The van der Waals surface area contributed by atoms with Gasteiger partial charge in [0.1, 0.15) is 0 Å². The molecule has 1 heterocycles. The van der Waals surface area contributed by atoms with Crippen molar-refractivity contribution in [3.8, 4) is 0 Å². The van der Waals surface area contributed by atoms with E-state index in [1.54, 1.807) is 12.4 Å². The van der Waals surface area contributed by atoms with Gasteiger partial charge in [-0.05, 0) is 37.0 Å². The van der Waals surface area contributed by atoms with Crippen molar-refractivity contribution < 1.29 is 9.59 Å². The molecule has 18 heavy (non-hydrogen) atoms. The highest BCUT2D eigenvalue weighted by atomic mass is 16.1. The molecule has 1 aromatic heterocycles. The molecule has 0 bridgehead atoms. The number of nitrogens with one attached hydrogen (secondary N) is 1. The van der Waals surface area contributed by atoms with E-state index in [-0.39, 0.29) is 17.7 Å². The lowest BCUT2D eigenvalue weighted by atomic mass is 9.96. The Balaban J connectivity index is 2.38. The Bertz CT molecular complexity index is 392. The molecule has 2 amide bonds. The molecule has 3 N–H and O–H groups in total. The number of hydrogen-bond acceptors (Lipinski definition) is 3. The molecule has 1 aromatic rings. The fraction of sp³-hybridized carbons (Fsp3) is 0.462. The molecule has 0 aliphatic carbocycles. The summed E-state index contributed by atoms with van der Waals surface area (Å²) >= 11 is 0. The maximum absolute atomic E-state index is 11.3. The van der Waals surface area contributed by atoms with Crippen LogP contribution in [0.4, 0.5) is 0 Å². The van der Waals surface area contributed by atoms with Gasteiger partial charge in [0.15, 0.2) is 0 Å². The van der Waals surface area contributed by atoms with Crippen LogP contribution in [-0.4, -0.2) is 23.3 Å². The Morgan fingerprint density at radius 2 is 2.00 bits per heavy atom. The summed E-state index contributed by atoms with van der Waals surface area (Å²) in [6.07, 6.45) is 5.52. The van der Waals surface area contributed by atoms with Gasteiger partial charge in [-0.2, -0.15) is 0 Å². The van der Waals surface area contributed by atoms with Crippen molar-refractivity contribution >= 4 is 11.8 Å². The zero-order valence-electron chi connectivity index (χ0n) is 10.6. The van der Waals surface area contributed by atoms with E-state index in [4.69, 9.17) is 5.73 Å². The van der Waals surface area contributed by atoms with Gasteiger partial charge in [-0.25, -0.2) is 0 Å². The third-order valence-electron chi connectivity index (χ3n) is 2.80. The lowest BCUT2D eigenvalue weighted by molar-refractivity contribution is -0.123. The van der Waals surface area contributed by atoms with Gasteiger partial charge in [-0.15, -0.1) is 0 Å². The van der Waals surface area contributed by atoms with Gasteiger partial charge in [-0.1, -0.05) is 0 Å². The number of aryl methyl sites for hydroxylation is 1. The molecule has 0 radical (unpaired) electrons. The Morgan fingerprint density at radius 3 is 2.56 bits per heavy atom. The normalized spacial score (nSPS) is 11.8. The number of carbonyl (C=O) groups excluding carboxylic acids is 2. The molecule has 0 fully saturated rings. The van der Waals surface area contributed by atoms with Gasteiger partial charge in [0.05, 0.1) is 0 Å². The minimum atomic E-state index is -0.311. The van der Waals surface area contributed by atoms with E-state index in [1.807, 2.05) is 12.1 Å². The van der Waals surface area contributed by atoms with Crippen LogP contribution in [0.2, 0.25) is 0 Å². The molecule has 0 aliphatic rings. The zero-order valence-corrected chi connectivity index (χ0v) is 10.6. The van der Waals surface area contributed by atoms with E-state index < -0.39 is 0 Å². The number of nitrogens with two attached hydrogens (primary N) is 1. The van der Waals surface area contributed by atoms with E-state index >= 15 is 0 Å². The first-order valence-electron chi connectivity index (χ1n) is 6.02. The molecule has 1 rings (SSSR count). The monoisotopic (exact) mass is 249 g/mol. The van der Waals surface area contributed by atoms with E-state index in [0.29, 0.717) is 19.4 Å². The average molecular weight is 249 g/mol. The highest BCUT2D eigenvalue weighted by Gasteiger charge is 2.15. The maximum atomic E-state index is 11.3. The van der Waals surface area contributed by atoms with Gasteiger partial charge < -0.3 is 11.1 Å². The van der Waals surface area contributed by atoms with Crippen LogP contribution in [0.25, 0.3) is 0 Å². The molecular formula is C13H19N3O2. The highest BCUT2D eigenvalue weighted by Crippen LogP contribution is 2.12. The van der Waals surface area contributed by atoms with E-state index in [0.717, 1.165) is 12.0 Å². The number of primary amides is 1. The number of nitrogens with zero attached hydrogens (tertiary/aromatic N) is 1. The predicted molar refractivity (Wildman–Crippen MR) is 68.5 cm³/mol. The molecule has 5 nitrogen and oxygen atoms in total. The average Bonchev–Trinajstić information content (AvgIpc) is 2.34. The Labute approximate surface area is 107 Å². The number of amides is 2. The smallest absolute Gasteiger partial charge is 0.220 e. The van der Waals surface area contributed by atoms with E-state index in [9.17, 15) is 9.59 Å². The Morgan fingerprint density at radius 1 is 1.33 bits per heavy atom. The van der Waals surface area contributed by atoms with Gasteiger partial charge in [0.25, 0.3) is 0 Å². The van der Waals surface area contributed by atoms with Crippen LogP contribution in [0.5, 0.6) is 0 Å².